The van der Waals surface area contributed by atoms with E-state index in [0.717, 1.165) is 83.1 Å². The highest BCUT2D eigenvalue weighted by Gasteiger charge is 2.18. The summed E-state index contributed by atoms with van der Waals surface area (Å²) in [5.41, 5.74) is 10.4. The van der Waals surface area contributed by atoms with Crippen LogP contribution in [-0.4, -0.2) is 9.97 Å². The van der Waals surface area contributed by atoms with E-state index in [9.17, 15) is 0 Å². The standard InChI is InChI=1S/C40H24N2O2/c1-3-11-25(12-4-1)32-24-33(26-13-5-2-6-14-26)42-40(41-32)27-21-22-31-37(23-27)44-36-20-10-17-29(39(31)36)28-16-9-19-35-38(28)30-15-7-8-18-34(30)43-35/h1-24H. The summed E-state index contributed by atoms with van der Waals surface area (Å²) in [6, 6.07) is 49.5. The van der Waals surface area contributed by atoms with Crippen molar-refractivity contribution in [2.75, 3.05) is 0 Å². The first-order chi connectivity index (χ1) is 21.8. The van der Waals surface area contributed by atoms with Crippen LogP contribution >= 0.6 is 0 Å². The molecule has 0 aliphatic rings. The van der Waals surface area contributed by atoms with Crippen molar-refractivity contribution in [3.8, 4) is 45.0 Å². The number of benzene rings is 6. The van der Waals surface area contributed by atoms with Crippen LogP contribution in [0.4, 0.5) is 0 Å². The van der Waals surface area contributed by atoms with E-state index in [1.807, 2.05) is 60.7 Å². The second-order valence-electron chi connectivity index (χ2n) is 11.0. The van der Waals surface area contributed by atoms with Crippen molar-refractivity contribution in [1.29, 1.82) is 0 Å². The lowest BCUT2D eigenvalue weighted by Crippen LogP contribution is -1.95. The summed E-state index contributed by atoms with van der Waals surface area (Å²) in [6.07, 6.45) is 0. The van der Waals surface area contributed by atoms with Crippen molar-refractivity contribution < 1.29 is 8.83 Å². The molecular weight excluding hydrogens is 540 g/mol. The quantitative estimate of drug-likeness (QED) is 0.213. The Morgan fingerprint density at radius 1 is 0.364 bits per heavy atom. The van der Waals surface area contributed by atoms with Gasteiger partial charge in [-0.25, -0.2) is 9.97 Å². The van der Waals surface area contributed by atoms with Gasteiger partial charge in [0, 0.05) is 38.2 Å². The topological polar surface area (TPSA) is 52.1 Å². The number of aromatic nitrogens is 2. The van der Waals surface area contributed by atoms with E-state index < -0.39 is 0 Å². The lowest BCUT2D eigenvalue weighted by Gasteiger charge is -2.09. The molecule has 0 atom stereocenters. The molecular formula is C40H24N2O2. The van der Waals surface area contributed by atoms with Gasteiger partial charge >= 0.3 is 0 Å². The van der Waals surface area contributed by atoms with E-state index in [4.69, 9.17) is 18.8 Å². The highest BCUT2D eigenvalue weighted by Crippen LogP contribution is 2.42. The molecule has 206 valence electrons. The molecule has 9 aromatic rings. The van der Waals surface area contributed by atoms with Crippen molar-refractivity contribution in [2.45, 2.75) is 0 Å². The smallest absolute Gasteiger partial charge is 0.160 e. The Kier molecular flexibility index (Phi) is 5.47. The van der Waals surface area contributed by atoms with Gasteiger partial charge in [-0.3, -0.25) is 0 Å². The minimum Gasteiger partial charge on any atom is -0.456 e. The summed E-state index contributed by atoms with van der Waals surface area (Å²) in [6.45, 7) is 0. The third kappa shape index (κ3) is 3.92. The first kappa shape index (κ1) is 24.6. The zero-order valence-corrected chi connectivity index (χ0v) is 23.6. The molecule has 9 rings (SSSR count). The van der Waals surface area contributed by atoms with Crippen LogP contribution in [0.5, 0.6) is 0 Å². The minimum absolute atomic E-state index is 0.655. The fraction of sp³-hybridized carbons (Fsp3) is 0. The molecule has 0 amide bonds. The summed E-state index contributed by atoms with van der Waals surface area (Å²) < 4.78 is 12.7. The Bertz CT molecular complexity index is 2430. The van der Waals surface area contributed by atoms with Crippen molar-refractivity contribution in [1.82, 2.24) is 9.97 Å². The molecule has 0 aliphatic heterocycles. The predicted molar refractivity (Wildman–Crippen MR) is 178 cm³/mol. The molecule has 4 heteroatoms. The van der Waals surface area contributed by atoms with E-state index in [1.54, 1.807) is 0 Å². The van der Waals surface area contributed by atoms with Crippen LogP contribution in [-0.2, 0) is 0 Å². The number of fused-ring (bicyclic) bond motifs is 6. The van der Waals surface area contributed by atoms with Gasteiger partial charge in [0.2, 0.25) is 0 Å². The van der Waals surface area contributed by atoms with Crippen molar-refractivity contribution >= 4 is 43.9 Å². The highest BCUT2D eigenvalue weighted by molar-refractivity contribution is 6.19. The fourth-order valence-electron chi connectivity index (χ4n) is 6.28. The molecule has 0 aliphatic carbocycles. The molecule has 0 saturated carbocycles. The van der Waals surface area contributed by atoms with E-state index >= 15 is 0 Å². The van der Waals surface area contributed by atoms with Gasteiger partial charge in [-0.15, -0.1) is 0 Å². The summed E-state index contributed by atoms with van der Waals surface area (Å²) in [5.74, 6) is 0.655. The molecule has 3 heterocycles. The monoisotopic (exact) mass is 564 g/mol. The third-order valence-electron chi connectivity index (χ3n) is 8.31. The highest BCUT2D eigenvalue weighted by atomic mass is 16.3. The average Bonchev–Trinajstić information content (AvgIpc) is 3.67. The van der Waals surface area contributed by atoms with Gasteiger partial charge < -0.3 is 8.83 Å². The second-order valence-corrected chi connectivity index (χ2v) is 11.0. The number of para-hydroxylation sites is 1. The maximum Gasteiger partial charge on any atom is 0.160 e. The van der Waals surface area contributed by atoms with Gasteiger partial charge in [0.1, 0.15) is 22.3 Å². The SMILES string of the molecule is c1ccc(-c2cc(-c3ccccc3)nc(-c3ccc4c(c3)oc3cccc(-c5cccc6oc7ccccc7c56)c34)n2)cc1. The Labute approximate surface area is 252 Å². The zero-order valence-electron chi connectivity index (χ0n) is 23.6. The third-order valence-corrected chi connectivity index (χ3v) is 8.31. The van der Waals surface area contributed by atoms with Crippen LogP contribution in [0.2, 0.25) is 0 Å². The van der Waals surface area contributed by atoms with Gasteiger partial charge in [0.05, 0.1) is 11.4 Å². The normalized spacial score (nSPS) is 11.6. The summed E-state index contributed by atoms with van der Waals surface area (Å²) in [5, 5.41) is 4.35. The van der Waals surface area contributed by atoms with Crippen molar-refractivity contribution in [2.24, 2.45) is 0 Å². The van der Waals surface area contributed by atoms with E-state index in [1.165, 1.54) is 0 Å². The van der Waals surface area contributed by atoms with Crippen LogP contribution in [0.1, 0.15) is 0 Å². The molecule has 0 radical (unpaired) electrons. The molecule has 0 bridgehead atoms. The van der Waals surface area contributed by atoms with Gasteiger partial charge in [0.15, 0.2) is 5.82 Å². The summed E-state index contributed by atoms with van der Waals surface area (Å²) in [4.78, 5) is 10.0. The number of rotatable bonds is 4. The molecule has 0 N–H and O–H groups in total. The first-order valence-corrected chi connectivity index (χ1v) is 14.7. The minimum atomic E-state index is 0.655. The van der Waals surface area contributed by atoms with Crippen molar-refractivity contribution in [3.63, 3.8) is 0 Å². The van der Waals surface area contributed by atoms with E-state index in [0.29, 0.717) is 5.82 Å². The van der Waals surface area contributed by atoms with Gasteiger partial charge in [-0.05, 0) is 47.5 Å². The average molecular weight is 565 g/mol. The fourth-order valence-corrected chi connectivity index (χ4v) is 6.28. The molecule has 44 heavy (non-hydrogen) atoms. The Hall–Kier alpha value is -6.00. The summed E-state index contributed by atoms with van der Waals surface area (Å²) in [7, 11) is 0. The number of nitrogens with zero attached hydrogens (tertiary/aromatic N) is 2. The van der Waals surface area contributed by atoms with Crippen LogP contribution in [0.15, 0.2) is 154 Å². The van der Waals surface area contributed by atoms with Crippen LogP contribution in [0.25, 0.3) is 88.9 Å². The first-order valence-electron chi connectivity index (χ1n) is 14.7. The second kappa shape index (κ2) is 9.79. The Morgan fingerprint density at radius 2 is 0.886 bits per heavy atom. The molecule has 0 saturated heterocycles. The molecule has 0 spiro atoms. The van der Waals surface area contributed by atoms with E-state index in [-0.39, 0.29) is 0 Å². The van der Waals surface area contributed by atoms with Crippen LogP contribution < -0.4 is 0 Å². The maximum atomic E-state index is 6.51. The van der Waals surface area contributed by atoms with Crippen LogP contribution in [0.3, 0.4) is 0 Å². The zero-order chi connectivity index (χ0) is 29.0. The van der Waals surface area contributed by atoms with Gasteiger partial charge in [-0.2, -0.15) is 0 Å². The maximum absolute atomic E-state index is 6.51. The number of hydrogen-bond donors (Lipinski definition) is 0. The Morgan fingerprint density at radius 3 is 1.52 bits per heavy atom. The molecule has 3 aromatic heterocycles. The lowest BCUT2D eigenvalue weighted by atomic mass is 9.95. The van der Waals surface area contributed by atoms with Gasteiger partial charge in [-0.1, -0.05) is 109 Å². The van der Waals surface area contributed by atoms with E-state index in [2.05, 4.69) is 84.9 Å². The lowest BCUT2D eigenvalue weighted by molar-refractivity contribution is 0.668. The number of furan rings is 2. The Balaban J connectivity index is 1.24. The molecule has 0 fully saturated rings. The molecule has 0 unspecified atom stereocenters. The summed E-state index contributed by atoms with van der Waals surface area (Å²) >= 11 is 0. The molecule has 6 aromatic carbocycles. The predicted octanol–water partition coefficient (Wildman–Crippen LogP) is 10.9. The van der Waals surface area contributed by atoms with Crippen LogP contribution in [0, 0.1) is 0 Å². The van der Waals surface area contributed by atoms with Crippen molar-refractivity contribution in [3.05, 3.63) is 146 Å². The van der Waals surface area contributed by atoms with Gasteiger partial charge in [0.25, 0.3) is 0 Å². The molecule has 4 nitrogen and oxygen atoms in total. The largest absolute Gasteiger partial charge is 0.456 e. The number of hydrogen-bond acceptors (Lipinski definition) is 4.